The molecule has 0 unspecified atom stereocenters. The van der Waals surface area contributed by atoms with Gasteiger partial charge in [0, 0.05) is 16.8 Å². The van der Waals surface area contributed by atoms with Crippen LogP contribution in [0.4, 0.5) is 0 Å². The summed E-state index contributed by atoms with van der Waals surface area (Å²) in [5.74, 6) is -0.396. The number of aliphatic hydroxyl groups is 1. The molecule has 2 aromatic rings. The second-order valence-electron chi connectivity index (χ2n) is 6.77. The average Bonchev–Trinajstić information content (AvgIpc) is 2.93. The minimum atomic E-state index is -0.682. The van der Waals surface area contributed by atoms with Gasteiger partial charge in [-0.15, -0.1) is 0 Å². The molecule has 26 heavy (non-hydrogen) atoms. The van der Waals surface area contributed by atoms with E-state index in [9.17, 15) is 14.7 Å². The molecule has 140 valence electrons. The maximum Gasteiger partial charge on any atom is 0.355 e. The third kappa shape index (κ3) is 4.22. The van der Waals surface area contributed by atoms with E-state index in [2.05, 4.69) is 18.8 Å². The van der Waals surface area contributed by atoms with E-state index in [1.54, 1.807) is 32.9 Å². The summed E-state index contributed by atoms with van der Waals surface area (Å²) < 4.78 is 5.17. The monoisotopic (exact) mass is 357 g/mol. The lowest BCUT2D eigenvalue weighted by Crippen LogP contribution is -2.15. The van der Waals surface area contributed by atoms with Crippen LogP contribution in [0.3, 0.4) is 0 Å². The highest BCUT2D eigenvalue weighted by Crippen LogP contribution is 2.25. The van der Waals surface area contributed by atoms with Gasteiger partial charge in [0.05, 0.1) is 6.10 Å². The highest BCUT2D eigenvalue weighted by molar-refractivity contribution is 5.99. The van der Waals surface area contributed by atoms with Crippen LogP contribution < -0.4 is 0 Å². The standard InChI is InChI=1S/C21H27NO4/c1-6-12(2)16-7-9-17(10-8-16)18(24)11-26-21(25)20-13(3)19(15(5)23)14(4)22-20/h7-10,12,15,22-23H,6,11H2,1-5H3/t12-,15-/m1/s1. The van der Waals surface area contributed by atoms with E-state index in [1.807, 2.05) is 12.1 Å². The van der Waals surface area contributed by atoms with Crippen molar-refractivity contribution in [1.29, 1.82) is 0 Å². The minimum absolute atomic E-state index is 0.245. The van der Waals surface area contributed by atoms with Crippen molar-refractivity contribution in [3.05, 3.63) is 57.9 Å². The number of ether oxygens (including phenoxy) is 1. The number of aromatic nitrogens is 1. The van der Waals surface area contributed by atoms with Gasteiger partial charge >= 0.3 is 5.97 Å². The fourth-order valence-corrected chi connectivity index (χ4v) is 3.12. The van der Waals surface area contributed by atoms with Crippen LogP contribution in [-0.4, -0.2) is 28.4 Å². The number of benzene rings is 1. The zero-order valence-electron chi connectivity index (χ0n) is 16.1. The number of Topliss-reactive ketones (excluding diaryl/α,β-unsaturated/α-hetero) is 1. The molecule has 0 fully saturated rings. The van der Waals surface area contributed by atoms with Crippen molar-refractivity contribution in [2.24, 2.45) is 0 Å². The molecular weight excluding hydrogens is 330 g/mol. The number of hydrogen-bond acceptors (Lipinski definition) is 4. The molecule has 0 radical (unpaired) electrons. The molecular formula is C21H27NO4. The Morgan fingerprint density at radius 1 is 1.15 bits per heavy atom. The normalized spacial score (nSPS) is 13.3. The Hall–Kier alpha value is -2.40. The first kappa shape index (κ1) is 19.9. The molecule has 0 amide bonds. The van der Waals surface area contributed by atoms with Gasteiger partial charge in [-0.1, -0.05) is 38.1 Å². The zero-order chi connectivity index (χ0) is 19.4. The van der Waals surface area contributed by atoms with Gasteiger partial charge in [-0.25, -0.2) is 4.79 Å². The van der Waals surface area contributed by atoms with E-state index in [0.717, 1.165) is 12.1 Å². The highest BCUT2D eigenvalue weighted by atomic mass is 16.5. The Morgan fingerprint density at radius 2 is 1.77 bits per heavy atom. The van der Waals surface area contributed by atoms with Gasteiger partial charge in [0.2, 0.25) is 0 Å². The number of carbonyl (C=O) groups excluding carboxylic acids is 2. The lowest BCUT2D eigenvalue weighted by molar-refractivity contribution is 0.0468. The summed E-state index contributed by atoms with van der Waals surface area (Å²) in [5, 5.41) is 9.80. The molecule has 0 bridgehead atoms. The second-order valence-corrected chi connectivity index (χ2v) is 6.77. The maximum absolute atomic E-state index is 12.3. The quantitative estimate of drug-likeness (QED) is 0.574. The van der Waals surface area contributed by atoms with Gasteiger partial charge in [0.15, 0.2) is 12.4 Å². The van der Waals surface area contributed by atoms with E-state index in [0.29, 0.717) is 22.6 Å². The smallest absolute Gasteiger partial charge is 0.355 e. The van der Waals surface area contributed by atoms with E-state index >= 15 is 0 Å². The van der Waals surface area contributed by atoms with Crippen LogP contribution in [0.5, 0.6) is 0 Å². The number of H-pyrrole nitrogens is 1. The molecule has 0 spiro atoms. The molecule has 2 N–H and O–H groups in total. The molecule has 0 saturated heterocycles. The molecule has 0 aliphatic rings. The van der Waals surface area contributed by atoms with E-state index in [1.165, 1.54) is 5.56 Å². The number of aryl methyl sites for hydroxylation is 1. The van der Waals surface area contributed by atoms with Crippen molar-refractivity contribution in [2.45, 2.75) is 53.1 Å². The van der Waals surface area contributed by atoms with Gasteiger partial charge in [-0.3, -0.25) is 4.79 Å². The van der Waals surface area contributed by atoms with Crippen LogP contribution in [0.25, 0.3) is 0 Å². The second kappa shape index (κ2) is 8.32. The molecule has 1 aromatic heterocycles. The Kier molecular flexibility index (Phi) is 6.37. The number of aliphatic hydroxyl groups excluding tert-OH is 1. The van der Waals surface area contributed by atoms with E-state index in [4.69, 9.17) is 4.74 Å². The van der Waals surface area contributed by atoms with Gasteiger partial charge in [0.25, 0.3) is 0 Å². The molecule has 1 aromatic carbocycles. The SMILES string of the molecule is CC[C@@H](C)c1ccc(C(=O)COC(=O)c2[nH]c(C)c([C@@H](C)O)c2C)cc1. The number of esters is 1. The predicted octanol–water partition coefficient (Wildman–Crippen LogP) is 4.24. The zero-order valence-corrected chi connectivity index (χ0v) is 16.1. The fraction of sp³-hybridized carbons (Fsp3) is 0.429. The highest BCUT2D eigenvalue weighted by Gasteiger charge is 2.21. The lowest BCUT2D eigenvalue weighted by atomic mass is 9.97. The summed E-state index contributed by atoms with van der Waals surface area (Å²) in [7, 11) is 0. The molecule has 2 atom stereocenters. The fourth-order valence-electron chi connectivity index (χ4n) is 3.12. The van der Waals surface area contributed by atoms with Crippen LogP contribution in [0, 0.1) is 13.8 Å². The Bertz CT molecular complexity index is 787. The minimum Gasteiger partial charge on any atom is -0.453 e. The molecule has 5 nitrogen and oxygen atoms in total. The first-order chi connectivity index (χ1) is 12.3. The summed E-state index contributed by atoms with van der Waals surface area (Å²) in [5.41, 5.74) is 4.03. The molecule has 1 heterocycles. The van der Waals surface area contributed by atoms with Crippen LogP contribution in [0.15, 0.2) is 24.3 Å². The van der Waals surface area contributed by atoms with Crippen LogP contribution in [0.2, 0.25) is 0 Å². The van der Waals surface area contributed by atoms with E-state index in [-0.39, 0.29) is 18.1 Å². The van der Waals surface area contributed by atoms with Crippen molar-refractivity contribution < 1.29 is 19.4 Å². The Balaban J connectivity index is 2.03. The lowest BCUT2D eigenvalue weighted by Gasteiger charge is -2.09. The molecule has 0 aliphatic heterocycles. The molecule has 0 saturated carbocycles. The molecule has 0 aliphatic carbocycles. The van der Waals surface area contributed by atoms with Gasteiger partial charge in [-0.2, -0.15) is 0 Å². The van der Waals surface area contributed by atoms with Crippen LogP contribution >= 0.6 is 0 Å². The summed E-state index contributed by atoms with van der Waals surface area (Å²) in [6.45, 7) is 9.12. The third-order valence-corrected chi connectivity index (χ3v) is 4.87. The summed E-state index contributed by atoms with van der Waals surface area (Å²) in [4.78, 5) is 27.5. The number of carbonyl (C=O) groups is 2. The maximum atomic E-state index is 12.3. The van der Waals surface area contributed by atoms with Gasteiger partial charge in [0.1, 0.15) is 5.69 Å². The van der Waals surface area contributed by atoms with Crippen molar-refractivity contribution in [2.75, 3.05) is 6.61 Å². The molecule has 5 heteroatoms. The first-order valence-corrected chi connectivity index (χ1v) is 8.93. The molecule has 2 rings (SSSR count). The predicted molar refractivity (Wildman–Crippen MR) is 101 cm³/mol. The van der Waals surface area contributed by atoms with Gasteiger partial charge in [-0.05, 0) is 44.2 Å². The van der Waals surface area contributed by atoms with Crippen molar-refractivity contribution >= 4 is 11.8 Å². The number of aromatic amines is 1. The van der Waals surface area contributed by atoms with Crippen LogP contribution in [0.1, 0.15) is 82.4 Å². The number of nitrogens with one attached hydrogen (secondary N) is 1. The third-order valence-electron chi connectivity index (χ3n) is 4.87. The van der Waals surface area contributed by atoms with Crippen molar-refractivity contribution in [3.8, 4) is 0 Å². The number of ketones is 1. The van der Waals surface area contributed by atoms with Crippen molar-refractivity contribution in [1.82, 2.24) is 4.98 Å². The topological polar surface area (TPSA) is 79.4 Å². The summed E-state index contributed by atoms with van der Waals surface area (Å²) >= 11 is 0. The number of hydrogen-bond donors (Lipinski definition) is 2. The van der Waals surface area contributed by atoms with Gasteiger partial charge < -0.3 is 14.8 Å². The largest absolute Gasteiger partial charge is 0.453 e. The summed E-state index contributed by atoms with van der Waals surface area (Å²) in [6.07, 6.45) is 0.354. The van der Waals surface area contributed by atoms with Crippen LogP contribution in [-0.2, 0) is 4.74 Å². The average molecular weight is 357 g/mol. The Morgan fingerprint density at radius 3 is 2.27 bits per heavy atom. The summed E-state index contributed by atoms with van der Waals surface area (Å²) in [6, 6.07) is 7.42. The van der Waals surface area contributed by atoms with E-state index < -0.39 is 12.1 Å². The first-order valence-electron chi connectivity index (χ1n) is 8.93. The van der Waals surface area contributed by atoms with Crippen molar-refractivity contribution in [3.63, 3.8) is 0 Å². The number of rotatable bonds is 7. The Labute approximate surface area is 154 Å².